The van der Waals surface area contributed by atoms with Crippen LogP contribution in [0.25, 0.3) is 0 Å². The number of methoxy groups -OCH3 is 1. The average molecular weight is 330 g/mol. The Balaban J connectivity index is 1.85. The van der Waals surface area contributed by atoms with Crippen molar-refractivity contribution in [3.63, 3.8) is 0 Å². The van der Waals surface area contributed by atoms with Crippen molar-refractivity contribution in [1.82, 2.24) is 0 Å². The number of nitrogens with one attached hydrogen (secondary N) is 1. The maximum absolute atomic E-state index is 12.0. The number of anilines is 1. The normalized spacial score (nSPS) is 10.1. The molecule has 0 fully saturated rings. The predicted octanol–water partition coefficient (Wildman–Crippen LogP) is 1.93. The summed E-state index contributed by atoms with van der Waals surface area (Å²) in [4.78, 5) is 22.8. The van der Waals surface area contributed by atoms with Gasteiger partial charge in [0.15, 0.2) is 0 Å². The molecule has 1 amide bonds. The van der Waals surface area contributed by atoms with E-state index in [0.717, 1.165) is 5.56 Å². The minimum Gasteiger partial charge on any atom is -0.545 e. The number of ether oxygens (including phenoxy) is 1. The van der Waals surface area contributed by atoms with Crippen LogP contribution >= 0.6 is 11.8 Å². The molecule has 0 aromatic heterocycles. The van der Waals surface area contributed by atoms with Crippen LogP contribution < -0.4 is 15.2 Å². The first-order valence-corrected chi connectivity index (χ1v) is 8.06. The second-order valence-corrected chi connectivity index (χ2v) is 5.71. The van der Waals surface area contributed by atoms with Gasteiger partial charge in [0.2, 0.25) is 5.91 Å². The first kappa shape index (κ1) is 16.9. The van der Waals surface area contributed by atoms with Crippen molar-refractivity contribution in [2.24, 2.45) is 0 Å². The zero-order valence-corrected chi connectivity index (χ0v) is 13.4. The van der Waals surface area contributed by atoms with E-state index in [1.54, 1.807) is 31.4 Å². The Morgan fingerprint density at radius 3 is 2.70 bits per heavy atom. The van der Waals surface area contributed by atoms with Gasteiger partial charge in [0.25, 0.3) is 0 Å². The highest BCUT2D eigenvalue weighted by Crippen LogP contribution is 2.23. The number of hydrogen-bond acceptors (Lipinski definition) is 5. The molecule has 2 aromatic carbocycles. The number of rotatable bonds is 7. The van der Waals surface area contributed by atoms with Gasteiger partial charge in [-0.15, -0.1) is 11.8 Å². The summed E-state index contributed by atoms with van der Waals surface area (Å²) in [5.41, 5.74) is 1.60. The van der Waals surface area contributed by atoms with Gasteiger partial charge < -0.3 is 20.0 Å². The lowest BCUT2D eigenvalue weighted by Gasteiger charge is -2.10. The van der Waals surface area contributed by atoms with Gasteiger partial charge in [0, 0.05) is 5.75 Å². The zero-order valence-electron chi connectivity index (χ0n) is 12.6. The summed E-state index contributed by atoms with van der Waals surface area (Å²) in [6, 6.07) is 13.7. The van der Waals surface area contributed by atoms with Gasteiger partial charge in [-0.3, -0.25) is 4.79 Å². The van der Waals surface area contributed by atoms with Crippen molar-refractivity contribution in [1.29, 1.82) is 0 Å². The topological polar surface area (TPSA) is 78.5 Å². The Kier molecular flexibility index (Phi) is 6.05. The fourth-order valence-electron chi connectivity index (χ4n) is 1.98. The maximum Gasteiger partial charge on any atom is 0.234 e. The molecule has 0 bridgehead atoms. The summed E-state index contributed by atoms with van der Waals surface area (Å²) in [6.45, 7) is 0. The van der Waals surface area contributed by atoms with Crippen molar-refractivity contribution < 1.29 is 19.4 Å². The van der Waals surface area contributed by atoms with Crippen LogP contribution in [0.15, 0.2) is 48.5 Å². The molecule has 0 spiro atoms. The van der Waals surface area contributed by atoms with Crippen LogP contribution in [-0.4, -0.2) is 24.7 Å². The summed E-state index contributed by atoms with van der Waals surface area (Å²) in [6.07, 6.45) is 0. The van der Waals surface area contributed by atoms with Crippen LogP contribution in [0.3, 0.4) is 0 Å². The lowest BCUT2D eigenvalue weighted by atomic mass is 10.1. The van der Waals surface area contributed by atoms with E-state index >= 15 is 0 Å². The Morgan fingerprint density at radius 1 is 1.17 bits per heavy atom. The highest BCUT2D eigenvalue weighted by atomic mass is 32.2. The average Bonchev–Trinajstić information content (AvgIpc) is 2.55. The van der Waals surface area contributed by atoms with Crippen molar-refractivity contribution in [3.8, 4) is 5.75 Å². The van der Waals surface area contributed by atoms with E-state index < -0.39 is 5.97 Å². The number of para-hydroxylation sites is 2. The molecular formula is C17H16NO4S-. The van der Waals surface area contributed by atoms with E-state index in [1.807, 2.05) is 18.2 Å². The predicted molar refractivity (Wildman–Crippen MR) is 88.6 cm³/mol. The number of carboxylic acid groups (broad SMARTS) is 1. The van der Waals surface area contributed by atoms with Gasteiger partial charge in [0.1, 0.15) is 5.75 Å². The number of hydrogen-bond donors (Lipinski definition) is 1. The number of thioether (sulfide) groups is 1. The second-order valence-electron chi connectivity index (χ2n) is 4.73. The van der Waals surface area contributed by atoms with Crippen LogP contribution in [0.4, 0.5) is 5.69 Å². The first-order valence-electron chi connectivity index (χ1n) is 6.91. The third-order valence-electron chi connectivity index (χ3n) is 3.05. The fraction of sp³-hybridized carbons (Fsp3) is 0.176. The van der Waals surface area contributed by atoms with Crippen molar-refractivity contribution in [2.45, 2.75) is 5.75 Å². The van der Waals surface area contributed by atoms with Crippen molar-refractivity contribution in [3.05, 3.63) is 59.7 Å². The summed E-state index contributed by atoms with van der Waals surface area (Å²) in [5.74, 6) is 0.0578. The Bertz CT molecular complexity index is 702. The molecule has 6 heteroatoms. The smallest absolute Gasteiger partial charge is 0.234 e. The fourth-order valence-corrected chi connectivity index (χ4v) is 2.76. The van der Waals surface area contributed by atoms with E-state index in [4.69, 9.17) is 4.74 Å². The maximum atomic E-state index is 12.0. The van der Waals surface area contributed by atoms with Gasteiger partial charge in [0.05, 0.1) is 24.5 Å². The second kappa shape index (κ2) is 8.24. The standard InChI is InChI=1S/C17H17NO4S/c1-22-15-8-3-2-7-14(15)18-16(19)11-23-10-12-5-4-6-13(9-12)17(20)21/h2-9H,10-11H2,1H3,(H,18,19)(H,20,21)/p-1. The highest BCUT2D eigenvalue weighted by Gasteiger charge is 2.07. The van der Waals surface area contributed by atoms with Crippen molar-refractivity contribution in [2.75, 3.05) is 18.2 Å². The van der Waals surface area contributed by atoms with Gasteiger partial charge in [-0.2, -0.15) is 0 Å². The Labute approximate surface area is 138 Å². The summed E-state index contributed by atoms with van der Waals surface area (Å²) >= 11 is 1.40. The minimum absolute atomic E-state index is 0.140. The van der Waals surface area contributed by atoms with Crippen LogP contribution in [0.5, 0.6) is 5.75 Å². The van der Waals surface area contributed by atoms with Gasteiger partial charge in [-0.1, -0.05) is 30.3 Å². The van der Waals surface area contributed by atoms with Crippen LogP contribution in [-0.2, 0) is 10.5 Å². The highest BCUT2D eigenvalue weighted by molar-refractivity contribution is 7.99. The molecule has 0 atom stereocenters. The summed E-state index contributed by atoms with van der Waals surface area (Å²) < 4.78 is 5.17. The van der Waals surface area contributed by atoms with Crippen LogP contribution in [0.1, 0.15) is 15.9 Å². The molecule has 5 nitrogen and oxygen atoms in total. The molecule has 0 aliphatic rings. The molecule has 1 N–H and O–H groups in total. The molecule has 0 saturated heterocycles. The monoisotopic (exact) mass is 330 g/mol. The molecule has 2 aromatic rings. The minimum atomic E-state index is -1.20. The molecule has 120 valence electrons. The molecule has 0 radical (unpaired) electrons. The van der Waals surface area contributed by atoms with Gasteiger partial charge in [-0.25, -0.2) is 0 Å². The van der Waals surface area contributed by atoms with Gasteiger partial charge >= 0.3 is 0 Å². The Hall–Kier alpha value is -2.47. The number of carbonyl (C=O) groups is 2. The molecule has 0 aliphatic heterocycles. The number of amides is 1. The molecule has 23 heavy (non-hydrogen) atoms. The third kappa shape index (κ3) is 5.03. The first-order chi connectivity index (χ1) is 11.1. The van der Waals surface area contributed by atoms with E-state index in [9.17, 15) is 14.7 Å². The molecule has 0 saturated carbocycles. The molecule has 0 heterocycles. The van der Waals surface area contributed by atoms with E-state index in [0.29, 0.717) is 17.2 Å². The molecule has 2 rings (SSSR count). The number of carboxylic acids is 1. The van der Waals surface area contributed by atoms with Crippen LogP contribution in [0, 0.1) is 0 Å². The molecular weight excluding hydrogens is 314 g/mol. The number of benzene rings is 2. The number of aromatic carboxylic acids is 1. The number of carbonyl (C=O) groups excluding carboxylic acids is 2. The molecule has 0 aliphatic carbocycles. The van der Waals surface area contributed by atoms with E-state index in [-0.39, 0.29) is 17.2 Å². The van der Waals surface area contributed by atoms with Gasteiger partial charge in [-0.05, 0) is 29.3 Å². The zero-order chi connectivity index (χ0) is 16.7. The van der Waals surface area contributed by atoms with Crippen molar-refractivity contribution >= 4 is 29.3 Å². The summed E-state index contributed by atoms with van der Waals surface area (Å²) in [5, 5.41) is 13.6. The quantitative estimate of drug-likeness (QED) is 0.839. The van der Waals surface area contributed by atoms with E-state index in [2.05, 4.69) is 5.32 Å². The van der Waals surface area contributed by atoms with Crippen LogP contribution in [0.2, 0.25) is 0 Å². The third-order valence-corrected chi connectivity index (χ3v) is 4.05. The summed E-state index contributed by atoms with van der Waals surface area (Å²) in [7, 11) is 1.55. The SMILES string of the molecule is COc1ccccc1NC(=O)CSCc1cccc(C(=O)[O-])c1. The lowest BCUT2D eigenvalue weighted by Crippen LogP contribution is -2.22. The largest absolute Gasteiger partial charge is 0.545 e. The van der Waals surface area contributed by atoms with E-state index in [1.165, 1.54) is 17.8 Å². The Morgan fingerprint density at radius 2 is 1.96 bits per heavy atom. The lowest BCUT2D eigenvalue weighted by molar-refractivity contribution is -0.255. The molecule has 0 unspecified atom stereocenters.